The molecule has 0 aliphatic carbocycles. The van der Waals surface area contributed by atoms with Gasteiger partial charge in [0.15, 0.2) is 11.5 Å². The zero-order valence-corrected chi connectivity index (χ0v) is 17.4. The van der Waals surface area contributed by atoms with Crippen LogP contribution in [0.5, 0.6) is 11.5 Å². The van der Waals surface area contributed by atoms with Gasteiger partial charge in [0.1, 0.15) is 0 Å². The Morgan fingerprint density at radius 3 is 2.53 bits per heavy atom. The van der Waals surface area contributed by atoms with Crippen molar-refractivity contribution >= 4 is 11.9 Å². The molecule has 2 N–H and O–H groups in total. The third-order valence-corrected chi connectivity index (χ3v) is 5.26. The summed E-state index contributed by atoms with van der Waals surface area (Å²) in [6, 6.07) is 8.88. The lowest BCUT2D eigenvalue weighted by Crippen LogP contribution is -2.43. The zero-order chi connectivity index (χ0) is 21.3. The lowest BCUT2D eigenvalue weighted by Gasteiger charge is -2.32. The van der Waals surface area contributed by atoms with Crippen molar-refractivity contribution in [1.29, 1.82) is 0 Å². The van der Waals surface area contributed by atoms with Crippen LogP contribution in [-0.4, -0.2) is 55.7 Å². The summed E-state index contributed by atoms with van der Waals surface area (Å²) >= 11 is 0. The Labute approximate surface area is 176 Å². The molecule has 0 saturated carbocycles. The van der Waals surface area contributed by atoms with Crippen LogP contribution < -0.4 is 20.1 Å². The number of benzene rings is 1. The van der Waals surface area contributed by atoms with Crippen molar-refractivity contribution in [3.8, 4) is 11.5 Å². The maximum absolute atomic E-state index is 12.5. The van der Waals surface area contributed by atoms with Gasteiger partial charge in [0, 0.05) is 38.6 Å². The number of ether oxygens (including phenoxy) is 2. The molecule has 1 aliphatic rings. The van der Waals surface area contributed by atoms with E-state index in [-0.39, 0.29) is 11.9 Å². The second kappa shape index (κ2) is 10.5. The fourth-order valence-electron chi connectivity index (χ4n) is 3.48. The Hall–Kier alpha value is -3.29. The molecular weight excluding hydrogens is 384 g/mol. The molecule has 8 nitrogen and oxygen atoms in total. The molecule has 1 aromatic carbocycles. The number of rotatable bonds is 7. The molecule has 1 saturated heterocycles. The standard InChI is InChI=1S/C22H28N4O4/c1-29-19-6-5-17(12-20(19)30-2)14-25-22(28)24-13-16-7-10-26(11-8-16)21(27)18-4-3-9-23-15-18/h3-6,9,12,15-16H,7-8,10-11,13-14H2,1-2H3,(H2,24,25,28). The first kappa shape index (κ1) is 21.4. The van der Waals surface area contributed by atoms with Gasteiger partial charge in [-0.2, -0.15) is 0 Å². The van der Waals surface area contributed by atoms with Crippen molar-refractivity contribution in [1.82, 2.24) is 20.5 Å². The summed E-state index contributed by atoms with van der Waals surface area (Å²) in [7, 11) is 3.17. The Morgan fingerprint density at radius 1 is 1.10 bits per heavy atom. The molecule has 30 heavy (non-hydrogen) atoms. The smallest absolute Gasteiger partial charge is 0.315 e. The molecule has 0 spiro atoms. The third kappa shape index (κ3) is 5.62. The fraction of sp³-hybridized carbons (Fsp3) is 0.409. The van der Waals surface area contributed by atoms with Gasteiger partial charge in [0.2, 0.25) is 0 Å². The largest absolute Gasteiger partial charge is 0.493 e. The number of carbonyl (C=O) groups excluding carboxylic acids is 2. The van der Waals surface area contributed by atoms with E-state index in [0.717, 1.165) is 18.4 Å². The third-order valence-electron chi connectivity index (χ3n) is 5.26. The molecule has 0 atom stereocenters. The first-order chi connectivity index (χ1) is 14.6. The molecule has 1 fully saturated rings. The molecule has 0 unspecified atom stereocenters. The van der Waals surface area contributed by atoms with E-state index < -0.39 is 0 Å². The van der Waals surface area contributed by atoms with E-state index in [1.807, 2.05) is 23.1 Å². The number of pyridine rings is 1. The minimum Gasteiger partial charge on any atom is -0.493 e. The lowest BCUT2D eigenvalue weighted by molar-refractivity contribution is 0.0690. The average Bonchev–Trinajstić information content (AvgIpc) is 2.81. The van der Waals surface area contributed by atoms with Crippen molar-refractivity contribution in [3.05, 3.63) is 53.9 Å². The maximum atomic E-state index is 12.5. The average molecular weight is 412 g/mol. The molecule has 1 aromatic heterocycles. The van der Waals surface area contributed by atoms with Crippen molar-refractivity contribution in [3.63, 3.8) is 0 Å². The molecule has 2 heterocycles. The SMILES string of the molecule is COc1ccc(CNC(=O)NCC2CCN(C(=O)c3cccnc3)CC2)cc1OC. The van der Waals surface area contributed by atoms with E-state index in [9.17, 15) is 9.59 Å². The number of hydrogen-bond donors (Lipinski definition) is 2. The van der Waals surface area contributed by atoms with Gasteiger partial charge in [-0.1, -0.05) is 6.07 Å². The number of aromatic nitrogens is 1. The van der Waals surface area contributed by atoms with E-state index in [0.29, 0.717) is 49.2 Å². The van der Waals surface area contributed by atoms with Gasteiger partial charge in [0.25, 0.3) is 5.91 Å². The molecule has 2 aromatic rings. The Balaban J connectivity index is 1.38. The highest BCUT2D eigenvalue weighted by Gasteiger charge is 2.24. The maximum Gasteiger partial charge on any atom is 0.315 e. The zero-order valence-electron chi connectivity index (χ0n) is 17.4. The topological polar surface area (TPSA) is 92.8 Å². The van der Waals surface area contributed by atoms with Gasteiger partial charge < -0.3 is 25.0 Å². The number of hydrogen-bond acceptors (Lipinski definition) is 5. The minimum atomic E-state index is -0.210. The van der Waals surface area contributed by atoms with Gasteiger partial charge in [-0.15, -0.1) is 0 Å². The van der Waals surface area contributed by atoms with Crippen LogP contribution in [0.4, 0.5) is 4.79 Å². The van der Waals surface area contributed by atoms with Crippen LogP contribution in [0.2, 0.25) is 0 Å². The molecule has 8 heteroatoms. The van der Waals surface area contributed by atoms with Crippen LogP contribution in [0.15, 0.2) is 42.7 Å². The molecule has 3 rings (SSSR count). The summed E-state index contributed by atoms with van der Waals surface area (Å²) in [5.41, 5.74) is 1.54. The predicted octanol–water partition coefficient (Wildman–Crippen LogP) is 2.45. The lowest BCUT2D eigenvalue weighted by atomic mass is 9.96. The highest BCUT2D eigenvalue weighted by atomic mass is 16.5. The quantitative estimate of drug-likeness (QED) is 0.729. The second-order valence-electron chi connectivity index (χ2n) is 7.23. The number of methoxy groups -OCH3 is 2. The Bertz CT molecular complexity index is 851. The normalized spacial score (nSPS) is 14.1. The Morgan fingerprint density at radius 2 is 1.87 bits per heavy atom. The summed E-state index contributed by atoms with van der Waals surface area (Å²) in [5.74, 6) is 1.65. The van der Waals surface area contributed by atoms with Crippen molar-refractivity contribution in [2.75, 3.05) is 33.9 Å². The van der Waals surface area contributed by atoms with Crippen molar-refractivity contribution in [2.45, 2.75) is 19.4 Å². The summed E-state index contributed by atoms with van der Waals surface area (Å²) in [6.07, 6.45) is 4.98. The number of urea groups is 1. The van der Waals surface area contributed by atoms with E-state index >= 15 is 0 Å². The predicted molar refractivity (Wildman–Crippen MR) is 113 cm³/mol. The number of amides is 3. The molecule has 3 amide bonds. The van der Waals surface area contributed by atoms with Crippen LogP contribution in [0.25, 0.3) is 0 Å². The van der Waals surface area contributed by atoms with E-state index in [1.54, 1.807) is 38.7 Å². The first-order valence-corrected chi connectivity index (χ1v) is 10.0. The van der Waals surface area contributed by atoms with Gasteiger partial charge in [-0.05, 0) is 48.6 Å². The molecule has 160 valence electrons. The summed E-state index contributed by atoms with van der Waals surface area (Å²) in [5, 5.41) is 5.79. The first-order valence-electron chi connectivity index (χ1n) is 10.0. The van der Waals surface area contributed by atoms with Gasteiger partial charge in [-0.3, -0.25) is 9.78 Å². The highest BCUT2D eigenvalue weighted by Crippen LogP contribution is 2.27. The van der Waals surface area contributed by atoms with E-state index in [2.05, 4.69) is 15.6 Å². The minimum absolute atomic E-state index is 0.0159. The van der Waals surface area contributed by atoms with Gasteiger partial charge in [-0.25, -0.2) is 4.79 Å². The molecule has 0 radical (unpaired) electrons. The molecule has 0 bridgehead atoms. The van der Waals surface area contributed by atoms with Crippen LogP contribution in [0.3, 0.4) is 0 Å². The van der Waals surface area contributed by atoms with Crippen LogP contribution in [0.1, 0.15) is 28.8 Å². The Kier molecular flexibility index (Phi) is 7.48. The number of carbonyl (C=O) groups is 2. The fourth-order valence-corrected chi connectivity index (χ4v) is 3.48. The number of likely N-dealkylation sites (tertiary alicyclic amines) is 1. The number of piperidine rings is 1. The summed E-state index contributed by atoms with van der Waals surface area (Å²) in [4.78, 5) is 30.5. The van der Waals surface area contributed by atoms with Gasteiger partial charge in [0.05, 0.1) is 19.8 Å². The number of nitrogens with zero attached hydrogens (tertiary/aromatic N) is 2. The van der Waals surface area contributed by atoms with Gasteiger partial charge >= 0.3 is 6.03 Å². The van der Waals surface area contributed by atoms with Crippen molar-refractivity contribution < 1.29 is 19.1 Å². The van der Waals surface area contributed by atoms with Crippen molar-refractivity contribution in [2.24, 2.45) is 5.92 Å². The van der Waals surface area contributed by atoms with E-state index in [4.69, 9.17) is 9.47 Å². The monoisotopic (exact) mass is 412 g/mol. The number of nitrogens with one attached hydrogen (secondary N) is 2. The summed E-state index contributed by atoms with van der Waals surface area (Å²) in [6.45, 7) is 2.36. The second-order valence-corrected chi connectivity index (χ2v) is 7.23. The van der Waals surface area contributed by atoms with Crippen LogP contribution >= 0.6 is 0 Å². The van der Waals surface area contributed by atoms with E-state index in [1.165, 1.54) is 0 Å². The summed E-state index contributed by atoms with van der Waals surface area (Å²) < 4.78 is 10.5. The highest BCUT2D eigenvalue weighted by molar-refractivity contribution is 5.93. The molecule has 1 aliphatic heterocycles. The molecular formula is C22H28N4O4. The van der Waals surface area contributed by atoms with Crippen LogP contribution in [0, 0.1) is 5.92 Å². The van der Waals surface area contributed by atoms with Crippen LogP contribution in [-0.2, 0) is 6.54 Å².